The summed E-state index contributed by atoms with van der Waals surface area (Å²) in [5, 5.41) is 3.75. The van der Waals surface area contributed by atoms with E-state index in [9.17, 15) is 8.42 Å². The van der Waals surface area contributed by atoms with E-state index in [0.717, 1.165) is 30.3 Å². The van der Waals surface area contributed by atoms with Crippen LogP contribution in [0.3, 0.4) is 0 Å². The van der Waals surface area contributed by atoms with Gasteiger partial charge in [-0.2, -0.15) is 5.10 Å². The third-order valence-corrected chi connectivity index (χ3v) is 5.81. The summed E-state index contributed by atoms with van der Waals surface area (Å²) in [5.41, 5.74) is 0.635. The molecule has 3 rings (SSSR count). The van der Waals surface area contributed by atoms with E-state index in [1.54, 1.807) is 16.6 Å². The summed E-state index contributed by atoms with van der Waals surface area (Å²) in [6, 6.07) is 3.58. The van der Waals surface area contributed by atoms with Crippen molar-refractivity contribution in [2.24, 2.45) is 0 Å². The lowest BCUT2D eigenvalue weighted by atomic mass is 10.4. The minimum Gasteiger partial charge on any atom is -0.265 e. The van der Waals surface area contributed by atoms with Gasteiger partial charge >= 0.3 is 0 Å². The lowest BCUT2D eigenvalue weighted by Gasteiger charge is -2.13. The summed E-state index contributed by atoms with van der Waals surface area (Å²) in [7, 11) is -3.36. The van der Waals surface area contributed by atoms with Gasteiger partial charge in [-0.3, -0.25) is 4.72 Å². The van der Waals surface area contributed by atoms with E-state index in [0.29, 0.717) is 11.3 Å². The first-order valence-corrected chi connectivity index (χ1v) is 8.42. The molecule has 8 heteroatoms. The first-order chi connectivity index (χ1) is 9.08. The molecule has 0 radical (unpaired) electrons. The van der Waals surface area contributed by atoms with Crippen molar-refractivity contribution in [3.63, 3.8) is 0 Å². The largest absolute Gasteiger partial charge is 0.265 e. The number of sulfonamides is 1. The molecule has 6 nitrogen and oxygen atoms in total. The molecule has 2 aromatic rings. The third-order valence-electron chi connectivity index (χ3n) is 3.39. The number of aromatic nitrogens is 3. The van der Waals surface area contributed by atoms with Gasteiger partial charge in [0.25, 0.3) is 0 Å². The molecule has 102 valence electrons. The highest BCUT2D eigenvalue weighted by atomic mass is 79.9. The van der Waals surface area contributed by atoms with Crippen molar-refractivity contribution in [1.82, 2.24) is 14.6 Å². The molecule has 0 atom stereocenters. The van der Waals surface area contributed by atoms with E-state index in [1.165, 1.54) is 6.33 Å². The molecule has 1 saturated carbocycles. The lowest BCUT2D eigenvalue weighted by Crippen LogP contribution is -2.26. The average molecular weight is 345 g/mol. The molecule has 0 spiro atoms. The molecule has 1 fully saturated rings. The third kappa shape index (κ3) is 2.34. The van der Waals surface area contributed by atoms with E-state index < -0.39 is 10.0 Å². The summed E-state index contributed by atoms with van der Waals surface area (Å²) in [5.74, 6) is 0.326. The smallest absolute Gasteiger partial charge is 0.236 e. The summed E-state index contributed by atoms with van der Waals surface area (Å²) in [6.45, 7) is 0. The van der Waals surface area contributed by atoms with Crippen LogP contribution in [0.4, 0.5) is 5.82 Å². The fraction of sp³-hybridized carbons (Fsp3) is 0.455. The summed E-state index contributed by atoms with van der Waals surface area (Å²) < 4.78 is 29.5. The Morgan fingerprint density at radius 2 is 2.05 bits per heavy atom. The maximum absolute atomic E-state index is 12.3. The minimum atomic E-state index is -3.36. The second-order valence-electron chi connectivity index (χ2n) is 4.62. The topological polar surface area (TPSA) is 76.4 Å². The van der Waals surface area contributed by atoms with Crippen molar-refractivity contribution in [1.29, 1.82) is 0 Å². The SMILES string of the molecule is O=S(=O)(Nc1ncnn2c(Br)ccc12)C1CCCC1. The molecular weight excluding hydrogens is 332 g/mol. The van der Waals surface area contributed by atoms with E-state index >= 15 is 0 Å². The van der Waals surface area contributed by atoms with Gasteiger partial charge in [-0.1, -0.05) is 12.8 Å². The van der Waals surface area contributed by atoms with Crippen LogP contribution in [0, 0.1) is 0 Å². The first-order valence-electron chi connectivity index (χ1n) is 6.08. The van der Waals surface area contributed by atoms with Crippen LogP contribution in [0.2, 0.25) is 0 Å². The zero-order valence-electron chi connectivity index (χ0n) is 10.1. The number of fused-ring (bicyclic) bond motifs is 1. The molecular formula is C11H13BrN4O2S. The van der Waals surface area contributed by atoms with Crippen LogP contribution in [-0.4, -0.2) is 28.3 Å². The van der Waals surface area contributed by atoms with Gasteiger partial charge in [-0.05, 0) is 40.9 Å². The quantitative estimate of drug-likeness (QED) is 0.925. The van der Waals surface area contributed by atoms with Crippen LogP contribution in [0.25, 0.3) is 5.52 Å². The zero-order valence-corrected chi connectivity index (χ0v) is 12.5. The maximum atomic E-state index is 12.3. The molecule has 1 N–H and O–H groups in total. The van der Waals surface area contributed by atoms with Crippen molar-refractivity contribution in [2.75, 3.05) is 4.72 Å². The van der Waals surface area contributed by atoms with Crippen molar-refractivity contribution < 1.29 is 8.42 Å². The van der Waals surface area contributed by atoms with Crippen molar-refractivity contribution in [2.45, 2.75) is 30.9 Å². The Labute approximate surface area is 119 Å². The Balaban J connectivity index is 1.97. The zero-order chi connectivity index (χ0) is 13.5. The lowest BCUT2D eigenvalue weighted by molar-refractivity contribution is 0.585. The highest BCUT2D eigenvalue weighted by molar-refractivity contribution is 9.10. The second-order valence-corrected chi connectivity index (χ2v) is 7.39. The maximum Gasteiger partial charge on any atom is 0.236 e. The number of nitrogens with one attached hydrogen (secondary N) is 1. The number of anilines is 1. The molecule has 0 saturated heterocycles. The van der Waals surface area contributed by atoms with Crippen LogP contribution in [-0.2, 0) is 10.0 Å². The molecule has 1 aliphatic rings. The van der Waals surface area contributed by atoms with Crippen LogP contribution in [0.15, 0.2) is 23.1 Å². The first kappa shape index (κ1) is 12.9. The predicted octanol–water partition coefficient (Wildman–Crippen LogP) is 2.18. The van der Waals surface area contributed by atoms with Crippen molar-refractivity contribution in [3.8, 4) is 0 Å². The predicted molar refractivity (Wildman–Crippen MR) is 75.5 cm³/mol. The summed E-state index contributed by atoms with van der Waals surface area (Å²) >= 11 is 3.34. The number of nitrogens with zero attached hydrogens (tertiary/aromatic N) is 3. The monoisotopic (exact) mass is 344 g/mol. The van der Waals surface area contributed by atoms with E-state index in [2.05, 4.69) is 30.7 Å². The Bertz CT molecular complexity index is 707. The Morgan fingerprint density at radius 3 is 2.79 bits per heavy atom. The van der Waals surface area contributed by atoms with Gasteiger partial charge < -0.3 is 0 Å². The highest BCUT2D eigenvalue weighted by Gasteiger charge is 2.29. The molecule has 0 aliphatic heterocycles. The van der Waals surface area contributed by atoms with Gasteiger partial charge in [0, 0.05) is 0 Å². The summed E-state index contributed by atoms with van der Waals surface area (Å²) in [4.78, 5) is 4.03. The Hall–Kier alpha value is -1.15. The standard InChI is InChI=1S/C11H13BrN4O2S/c12-10-6-5-9-11(13-7-14-16(9)10)15-19(17,18)8-3-1-2-4-8/h5-8H,1-4H2,(H,13,14,15). The second kappa shape index (κ2) is 4.75. The average Bonchev–Trinajstić information content (AvgIpc) is 3.00. The fourth-order valence-corrected chi connectivity index (χ4v) is 4.36. The minimum absolute atomic E-state index is 0.305. The summed E-state index contributed by atoms with van der Waals surface area (Å²) in [6.07, 6.45) is 4.73. The fourth-order valence-electron chi connectivity index (χ4n) is 2.40. The molecule has 19 heavy (non-hydrogen) atoms. The highest BCUT2D eigenvalue weighted by Crippen LogP contribution is 2.27. The van der Waals surface area contributed by atoms with E-state index in [-0.39, 0.29) is 5.25 Å². The molecule has 0 unspecified atom stereocenters. The van der Waals surface area contributed by atoms with Gasteiger partial charge in [0.1, 0.15) is 16.4 Å². The molecule has 0 bridgehead atoms. The van der Waals surface area contributed by atoms with Gasteiger partial charge in [-0.15, -0.1) is 0 Å². The molecule has 2 heterocycles. The Morgan fingerprint density at radius 1 is 1.32 bits per heavy atom. The molecule has 2 aromatic heterocycles. The van der Waals surface area contributed by atoms with Gasteiger partial charge in [0.2, 0.25) is 10.0 Å². The van der Waals surface area contributed by atoms with Crippen molar-refractivity contribution >= 4 is 37.3 Å². The van der Waals surface area contributed by atoms with Crippen LogP contribution in [0.5, 0.6) is 0 Å². The van der Waals surface area contributed by atoms with E-state index in [4.69, 9.17) is 0 Å². The van der Waals surface area contributed by atoms with Gasteiger partial charge in [-0.25, -0.2) is 17.9 Å². The van der Waals surface area contributed by atoms with Crippen LogP contribution < -0.4 is 4.72 Å². The number of hydrogen-bond donors (Lipinski definition) is 1. The van der Waals surface area contributed by atoms with E-state index in [1.807, 2.05) is 0 Å². The molecule has 0 amide bonds. The molecule has 1 aliphatic carbocycles. The normalized spacial score (nSPS) is 17.1. The van der Waals surface area contributed by atoms with Gasteiger partial charge in [0.05, 0.1) is 5.25 Å². The Kier molecular flexibility index (Phi) is 3.22. The number of hydrogen-bond acceptors (Lipinski definition) is 4. The molecule has 0 aromatic carbocycles. The van der Waals surface area contributed by atoms with Crippen molar-refractivity contribution in [3.05, 3.63) is 23.1 Å². The number of halogens is 1. The van der Waals surface area contributed by atoms with Crippen LogP contribution in [0.1, 0.15) is 25.7 Å². The number of rotatable bonds is 3. The van der Waals surface area contributed by atoms with Gasteiger partial charge in [0.15, 0.2) is 5.82 Å². The van der Waals surface area contributed by atoms with Crippen LogP contribution >= 0.6 is 15.9 Å².